The number of carbonyl (C=O) groups is 2. The van der Waals surface area contributed by atoms with Gasteiger partial charge in [0.1, 0.15) is 0 Å². The number of thioether (sulfide) groups is 1. The Hall–Kier alpha value is -2.33. The fourth-order valence-electron chi connectivity index (χ4n) is 2.03. The average Bonchev–Trinajstić information content (AvgIpc) is 2.70. The smallest absolute Gasteiger partial charge is 0.256 e. The Morgan fingerprint density at radius 3 is 2.38 bits per heavy atom. The molecule has 0 saturated heterocycles. The maximum Gasteiger partial charge on any atom is 0.256 e. The molecule has 0 aliphatic rings. The minimum absolute atomic E-state index is 0.0713. The Bertz CT molecular complexity index is 965. The van der Waals surface area contributed by atoms with Crippen LogP contribution in [0.4, 0.5) is 0 Å². The maximum atomic E-state index is 12.1. The van der Waals surface area contributed by atoms with Crippen molar-refractivity contribution in [3.63, 3.8) is 0 Å². The number of carbonyl (C=O) groups excluding carboxylic acids is 2. The van der Waals surface area contributed by atoms with Gasteiger partial charge in [0.05, 0.1) is 11.8 Å². The summed E-state index contributed by atoms with van der Waals surface area (Å²) in [6, 6.07) is 14.8. The van der Waals surface area contributed by atoms with Crippen LogP contribution in [0.1, 0.15) is 12.5 Å². The SMILES string of the molecule is CC(NS(=O)(=O)/C=C/c1ccccc1)C(=O)NNC(=O)CSc1ccc(Cl)cc1. The van der Waals surface area contributed by atoms with E-state index in [-0.39, 0.29) is 5.75 Å². The Kier molecular flexibility index (Phi) is 8.71. The molecule has 29 heavy (non-hydrogen) atoms. The number of hydrogen-bond acceptors (Lipinski definition) is 5. The number of rotatable bonds is 8. The standard InChI is InChI=1S/C19H20ClN3O4S2/c1-14(23-29(26,27)12-11-15-5-3-2-4-6-15)19(25)22-21-18(24)13-28-17-9-7-16(20)8-10-17/h2-12,14,23H,13H2,1H3,(H,21,24)(H,22,25)/b12-11+. The van der Waals surface area contributed by atoms with Gasteiger partial charge < -0.3 is 0 Å². The lowest BCUT2D eigenvalue weighted by Gasteiger charge is -2.13. The molecule has 2 rings (SSSR count). The molecule has 10 heteroatoms. The number of hydrogen-bond donors (Lipinski definition) is 3. The molecule has 0 saturated carbocycles. The first-order valence-electron chi connectivity index (χ1n) is 8.48. The predicted octanol–water partition coefficient (Wildman–Crippen LogP) is 2.56. The van der Waals surface area contributed by atoms with E-state index in [2.05, 4.69) is 15.6 Å². The van der Waals surface area contributed by atoms with Gasteiger partial charge >= 0.3 is 0 Å². The Labute approximate surface area is 178 Å². The summed E-state index contributed by atoms with van der Waals surface area (Å²) < 4.78 is 26.3. The summed E-state index contributed by atoms with van der Waals surface area (Å²) in [5.74, 6) is -1.05. The minimum Gasteiger partial charge on any atom is -0.272 e. The second-order valence-electron chi connectivity index (χ2n) is 5.88. The van der Waals surface area contributed by atoms with Gasteiger partial charge in [0.2, 0.25) is 15.9 Å². The van der Waals surface area contributed by atoms with Crippen molar-refractivity contribution in [3.8, 4) is 0 Å². The first-order valence-corrected chi connectivity index (χ1v) is 11.4. The maximum absolute atomic E-state index is 12.1. The second kappa shape index (κ2) is 11.0. The van der Waals surface area contributed by atoms with Crippen LogP contribution in [0.2, 0.25) is 5.02 Å². The van der Waals surface area contributed by atoms with E-state index in [0.717, 1.165) is 10.3 Å². The fraction of sp³-hybridized carbons (Fsp3) is 0.158. The Balaban J connectivity index is 1.76. The number of hydrazine groups is 1. The largest absolute Gasteiger partial charge is 0.272 e. The summed E-state index contributed by atoms with van der Waals surface area (Å²) in [5, 5.41) is 1.58. The molecule has 0 bridgehead atoms. The summed E-state index contributed by atoms with van der Waals surface area (Å²) in [6.07, 6.45) is 1.42. The summed E-state index contributed by atoms with van der Waals surface area (Å²) >= 11 is 7.07. The molecule has 2 amide bonds. The third-order valence-electron chi connectivity index (χ3n) is 3.48. The summed E-state index contributed by atoms with van der Waals surface area (Å²) in [6.45, 7) is 1.37. The minimum atomic E-state index is -3.83. The third kappa shape index (κ3) is 8.70. The van der Waals surface area contributed by atoms with Crippen LogP contribution in [0, 0.1) is 0 Å². The highest BCUT2D eigenvalue weighted by molar-refractivity contribution is 8.00. The van der Waals surface area contributed by atoms with E-state index in [9.17, 15) is 18.0 Å². The molecule has 0 spiro atoms. The zero-order valence-electron chi connectivity index (χ0n) is 15.5. The molecule has 7 nitrogen and oxygen atoms in total. The topological polar surface area (TPSA) is 104 Å². The van der Waals surface area contributed by atoms with Gasteiger partial charge in [-0.05, 0) is 42.8 Å². The molecule has 0 aromatic heterocycles. The van der Waals surface area contributed by atoms with Crippen LogP contribution in [-0.2, 0) is 19.6 Å². The molecule has 1 unspecified atom stereocenters. The Morgan fingerprint density at radius 2 is 1.72 bits per heavy atom. The molecule has 0 radical (unpaired) electrons. The lowest BCUT2D eigenvalue weighted by atomic mass is 10.2. The van der Waals surface area contributed by atoms with Crippen LogP contribution in [0.15, 0.2) is 64.9 Å². The van der Waals surface area contributed by atoms with Crippen molar-refractivity contribution in [1.29, 1.82) is 0 Å². The zero-order valence-corrected chi connectivity index (χ0v) is 17.9. The Morgan fingerprint density at radius 1 is 1.07 bits per heavy atom. The van der Waals surface area contributed by atoms with Crippen LogP contribution in [0.3, 0.4) is 0 Å². The molecular weight excluding hydrogens is 434 g/mol. The van der Waals surface area contributed by atoms with Gasteiger partial charge in [-0.3, -0.25) is 20.4 Å². The van der Waals surface area contributed by atoms with Gasteiger partial charge in [-0.25, -0.2) is 8.42 Å². The number of amides is 2. The van der Waals surface area contributed by atoms with E-state index in [1.54, 1.807) is 48.5 Å². The lowest BCUT2D eigenvalue weighted by Crippen LogP contribution is -2.51. The normalized spacial score (nSPS) is 12.5. The van der Waals surface area contributed by atoms with Gasteiger partial charge in [0.15, 0.2) is 0 Å². The van der Waals surface area contributed by atoms with Gasteiger partial charge in [-0.2, -0.15) is 4.72 Å². The molecular formula is C19H20ClN3O4S2. The van der Waals surface area contributed by atoms with Crippen LogP contribution in [-0.4, -0.2) is 32.0 Å². The third-order valence-corrected chi connectivity index (χ3v) is 5.92. The number of halogens is 1. The van der Waals surface area contributed by atoms with Crippen LogP contribution in [0.5, 0.6) is 0 Å². The van der Waals surface area contributed by atoms with Gasteiger partial charge in [0.25, 0.3) is 5.91 Å². The van der Waals surface area contributed by atoms with Gasteiger partial charge in [-0.15, -0.1) is 11.8 Å². The van der Waals surface area contributed by atoms with Gasteiger partial charge in [-0.1, -0.05) is 41.9 Å². The molecule has 154 valence electrons. The van der Waals surface area contributed by atoms with E-state index < -0.39 is 27.9 Å². The first-order chi connectivity index (χ1) is 13.7. The summed E-state index contributed by atoms with van der Waals surface area (Å²) in [5.41, 5.74) is 5.16. The first kappa shape index (κ1) is 23.0. The molecule has 0 aliphatic carbocycles. The highest BCUT2D eigenvalue weighted by Crippen LogP contribution is 2.19. The number of benzene rings is 2. The molecule has 1 atom stereocenters. The van der Waals surface area contributed by atoms with Crippen molar-refractivity contribution in [2.45, 2.75) is 17.9 Å². The molecule has 2 aromatic carbocycles. The second-order valence-corrected chi connectivity index (χ2v) is 8.96. The van der Waals surface area contributed by atoms with Crippen LogP contribution >= 0.6 is 23.4 Å². The summed E-state index contributed by atoms with van der Waals surface area (Å²) in [4.78, 5) is 24.7. The highest BCUT2D eigenvalue weighted by atomic mass is 35.5. The molecule has 2 aromatic rings. The van der Waals surface area contributed by atoms with Crippen LogP contribution < -0.4 is 15.6 Å². The zero-order chi connectivity index (χ0) is 21.3. The van der Waals surface area contributed by atoms with Gasteiger partial charge in [0, 0.05) is 15.3 Å². The van der Waals surface area contributed by atoms with Crippen molar-refractivity contribution in [3.05, 3.63) is 70.6 Å². The molecule has 0 aliphatic heterocycles. The average molecular weight is 454 g/mol. The van der Waals surface area contributed by atoms with E-state index in [4.69, 9.17) is 11.6 Å². The predicted molar refractivity (Wildman–Crippen MR) is 115 cm³/mol. The van der Waals surface area contributed by atoms with Crippen molar-refractivity contribution in [2.75, 3.05) is 5.75 Å². The van der Waals surface area contributed by atoms with Crippen molar-refractivity contribution in [2.24, 2.45) is 0 Å². The van der Waals surface area contributed by atoms with E-state index in [1.165, 1.54) is 24.8 Å². The highest BCUT2D eigenvalue weighted by Gasteiger charge is 2.18. The number of nitrogens with one attached hydrogen (secondary N) is 3. The lowest BCUT2D eigenvalue weighted by molar-refractivity contribution is -0.128. The van der Waals surface area contributed by atoms with E-state index in [1.807, 2.05) is 6.07 Å². The van der Waals surface area contributed by atoms with Crippen molar-refractivity contribution in [1.82, 2.24) is 15.6 Å². The monoisotopic (exact) mass is 453 g/mol. The van der Waals surface area contributed by atoms with E-state index in [0.29, 0.717) is 10.6 Å². The molecule has 3 N–H and O–H groups in total. The van der Waals surface area contributed by atoms with Crippen LogP contribution in [0.25, 0.3) is 6.08 Å². The molecule has 0 heterocycles. The summed E-state index contributed by atoms with van der Waals surface area (Å²) in [7, 11) is -3.83. The van der Waals surface area contributed by atoms with Crippen molar-refractivity contribution < 1.29 is 18.0 Å². The molecule has 0 fully saturated rings. The number of sulfonamides is 1. The van der Waals surface area contributed by atoms with E-state index >= 15 is 0 Å². The fourth-order valence-corrected chi connectivity index (χ4v) is 3.87. The van der Waals surface area contributed by atoms with Crippen molar-refractivity contribution >= 4 is 51.3 Å². The quantitative estimate of drug-likeness (QED) is 0.421.